The average Bonchev–Trinajstić information content (AvgIpc) is 2.82. The molecule has 0 saturated carbocycles. The molecule has 6 nitrogen and oxygen atoms in total. The predicted molar refractivity (Wildman–Crippen MR) is 59.9 cm³/mol. The van der Waals surface area contributed by atoms with E-state index in [9.17, 15) is 4.79 Å². The van der Waals surface area contributed by atoms with Gasteiger partial charge in [-0.3, -0.25) is 0 Å². The first kappa shape index (κ1) is 11.1. The van der Waals surface area contributed by atoms with Crippen LogP contribution in [0.3, 0.4) is 0 Å². The summed E-state index contributed by atoms with van der Waals surface area (Å²) in [6.07, 6.45) is 5.05. The van der Waals surface area contributed by atoms with Crippen LogP contribution < -0.4 is 5.32 Å². The van der Waals surface area contributed by atoms with Crippen molar-refractivity contribution in [2.24, 2.45) is 0 Å². The van der Waals surface area contributed by atoms with Crippen molar-refractivity contribution in [2.45, 2.75) is 6.42 Å². The Balaban J connectivity index is 1.97. The summed E-state index contributed by atoms with van der Waals surface area (Å²) >= 11 is 0. The lowest BCUT2D eigenvalue weighted by Crippen LogP contribution is -2.12. The summed E-state index contributed by atoms with van der Waals surface area (Å²) in [6, 6.07) is 3.66. The van der Waals surface area contributed by atoms with E-state index >= 15 is 0 Å². The van der Waals surface area contributed by atoms with Gasteiger partial charge >= 0.3 is 5.97 Å². The van der Waals surface area contributed by atoms with Crippen molar-refractivity contribution in [3.8, 4) is 0 Å². The number of furan rings is 1. The average molecular weight is 233 g/mol. The lowest BCUT2D eigenvalue weighted by Gasteiger charge is -2.05. The van der Waals surface area contributed by atoms with Gasteiger partial charge in [0.15, 0.2) is 11.5 Å². The third-order valence-corrected chi connectivity index (χ3v) is 2.14. The van der Waals surface area contributed by atoms with Crippen molar-refractivity contribution in [3.63, 3.8) is 0 Å². The molecule has 0 atom stereocenters. The highest BCUT2D eigenvalue weighted by molar-refractivity contribution is 5.90. The predicted octanol–water partition coefficient (Wildman–Crippen LogP) is 1.42. The van der Waals surface area contributed by atoms with Crippen LogP contribution in [0.25, 0.3) is 0 Å². The molecule has 17 heavy (non-hydrogen) atoms. The summed E-state index contributed by atoms with van der Waals surface area (Å²) in [6.45, 7) is 0.534. The number of carboxylic acids is 1. The molecule has 0 amide bonds. The molecule has 0 bridgehead atoms. The maximum atomic E-state index is 10.9. The normalized spacial score (nSPS) is 10.1. The van der Waals surface area contributed by atoms with Crippen LogP contribution in [0, 0.1) is 0 Å². The number of hydrogen-bond acceptors (Lipinski definition) is 5. The van der Waals surface area contributed by atoms with Crippen LogP contribution in [0.1, 0.15) is 16.2 Å². The van der Waals surface area contributed by atoms with Crippen molar-refractivity contribution in [1.82, 2.24) is 9.97 Å². The molecule has 0 unspecified atom stereocenters. The Morgan fingerprint density at radius 3 is 2.94 bits per heavy atom. The zero-order chi connectivity index (χ0) is 12.1. The van der Waals surface area contributed by atoms with Gasteiger partial charge in [-0.25, -0.2) is 14.8 Å². The van der Waals surface area contributed by atoms with Crippen LogP contribution in [-0.2, 0) is 6.42 Å². The number of carbonyl (C=O) groups is 1. The number of nitrogens with zero attached hydrogens (tertiary/aromatic N) is 2. The molecule has 6 heteroatoms. The number of aromatic nitrogens is 2. The van der Waals surface area contributed by atoms with E-state index in [1.165, 1.54) is 12.4 Å². The second kappa shape index (κ2) is 5.11. The molecule has 0 aliphatic carbocycles. The number of carboxylic acid groups (broad SMARTS) is 1. The van der Waals surface area contributed by atoms with E-state index < -0.39 is 5.97 Å². The van der Waals surface area contributed by atoms with E-state index in [0.717, 1.165) is 5.76 Å². The molecule has 2 rings (SSSR count). The van der Waals surface area contributed by atoms with Crippen LogP contribution in [0.15, 0.2) is 35.2 Å². The molecule has 2 N–H and O–H groups in total. The standard InChI is InChI=1S/C11H11N3O3/c15-11(16)9-10(14-6-5-12-9)13-4-3-8-2-1-7-17-8/h1-2,5-7H,3-4H2,(H,13,14)(H,15,16). The molecule has 2 aromatic heterocycles. The van der Waals surface area contributed by atoms with Gasteiger partial charge in [0.05, 0.1) is 6.26 Å². The second-order valence-electron chi connectivity index (χ2n) is 3.31. The molecule has 0 aromatic carbocycles. The Morgan fingerprint density at radius 1 is 1.41 bits per heavy atom. The minimum Gasteiger partial charge on any atom is -0.476 e. The first-order valence-electron chi connectivity index (χ1n) is 5.08. The fourth-order valence-electron chi connectivity index (χ4n) is 1.38. The summed E-state index contributed by atoms with van der Waals surface area (Å²) in [4.78, 5) is 18.5. The van der Waals surface area contributed by atoms with E-state index in [1.807, 2.05) is 6.07 Å². The maximum absolute atomic E-state index is 10.9. The summed E-state index contributed by atoms with van der Waals surface area (Å²) in [5.41, 5.74) is -0.0769. The van der Waals surface area contributed by atoms with Gasteiger partial charge in [0.2, 0.25) is 0 Å². The molecular weight excluding hydrogens is 222 g/mol. The van der Waals surface area contributed by atoms with Gasteiger partial charge in [-0.15, -0.1) is 0 Å². The highest BCUT2D eigenvalue weighted by atomic mass is 16.4. The maximum Gasteiger partial charge on any atom is 0.358 e. The second-order valence-corrected chi connectivity index (χ2v) is 3.31. The number of nitrogens with one attached hydrogen (secondary N) is 1. The zero-order valence-corrected chi connectivity index (χ0v) is 8.96. The van der Waals surface area contributed by atoms with E-state index in [-0.39, 0.29) is 11.5 Å². The molecule has 88 valence electrons. The third-order valence-electron chi connectivity index (χ3n) is 2.14. The van der Waals surface area contributed by atoms with E-state index in [2.05, 4.69) is 15.3 Å². The number of hydrogen-bond donors (Lipinski definition) is 2. The zero-order valence-electron chi connectivity index (χ0n) is 8.96. The van der Waals surface area contributed by atoms with Crippen molar-refractivity contribution in [1.29, 1.82) is 0 Å². The largest absolute Gasteiger partial charge is 0.476 e. The highest BCUT2D eigenvalue weighted by Crippen LogP contribution is 2.08. The lowest BCUT2D eigenvalue weighted by molar-refractivity contribution is 0.0691. The quantitative estimate of drug-likeness (QED) is 0.812. The van der Waals surface area contributed by atoms with Crippen LogP contribution in [0.5, 0.6) is 0 Å². The Hall–Kier alpha value is -2.37. The van der Waals surface area contributed by atoms with Gasteiger partial charge in [-0.1, -0.05) is 0 Å². The molecule has 2 heterocycles. The van der Waals surface area contributed by atoms with Crippen molar-refractivity contribution < 1.29 is 14.3 Å². The summed E-state index contributed by atoms with van der Waals surface area (Å²) < 4.78 is 5.16. The number of aromatic carboxylic acids is 1. The Bertz CT molecular complexity index is 496. The van der Waals surface area contributed by atoms with Gasteiger partial charge in [0.25, 0.3) is 0 Å². The highest BCUT2D eigenvalue weighted by Gasteiger charge is 2.11. The summed E-state index contributed by atoms with van der Waals surface area (Å²) in [5, 5.41) is 11.8. The lowest BCUT2D eigenvalue weighted by atomic mass is 10.3. The summed E-state index contributed by atoms with van der Waals surface area (Å²) in [7, 11) is 0. The molecule has 0 saturated heterocycles. The topological polar surface area (TPSA) is 88.2 Å². The van der Waals surface area contributed by atoms with Gasteiger partial charge in [-0.2, -0.15) is 0 Å². The molecule has 0 aliphatic heterocycles. The van der Waals surface area contributed by atoms with Gasteiger partial charge in [0.1, 0.15) is 5.76 Å². The molecule has 2 aromatic rings. The Morgan fingerprint density at radius 2 is 2.24 bits per heavy atom. The van der Waals surface area contributed by atoms with Crippen molar-refractivity contribution in [2.75, 3.05) is 11.9 Å². The molecule has 0 fully saturated rings. The van der Waals surface area contributed by atoms with Gasteiger partial charge < -0.3 is 14.8 Å². The molecule has 0 aliphatic rings. The Labute approximate surface area is 97.3 Å². The molecule has 0 radical (unpaired) electrons. The molecule has 0 spiro atoms. The van der Waals surface area contributed by atoms with E-state index in [1.54, 1.807) is 12.3 Å². The fraction of sp³-hybridized carbons (Fsp3) is 0.182. The summed E-state index contributed by atoms with van der Waals surface area (Å²) in [5.74, 6) is 0.00317. The third kappa shape index (κ3) is 2.81. The first-order valence-corrected chi connectivity index (χ1v) is 5.08. The van der Waals surface area contributed by atoms with Crippen LogP contribution in [-0.4, -0.2) is 27.6 Å². The minimum absolute atomic E-state index is 0.0769. The number of rotatable bonds is 5. The van der Waals surface area contributed by atoms with Crippen LogP contribution in [0.2, 0.25) is 0 Å². The Kier molecular flexibility index (Phi) is 3.34. The van der Waals surface area contributed by atoms with Crippen molar-refractivity contribution in [3.05, 3.63) is 42.2 Å². The van der Waals surface area contributed by atoms with Crippen molar-refractivity contribution >= 4 is 11.8 Å². The van der Waals surface area contributed by atoms with Crippen LogP contribution in [0.4, 0.5) is 5.82 Å². The minimum atomic E-state index is -1.10. The SMILES string of the molecule is O=C(O)c1nccnc1NCCc1ccco1. The molecular formula is C11H11N3O3. The van der Waals surface area contributed by atoms with Crippen LogP contribution >= 0.6 is 0 Å². The fourth-order valence-corrected chi connectivity index (χ4v) is 1.38. The number of anilines is 1. The van der Waals surface area contributed by atoms with Gasteiger partial charge in [-0.05, 0) is 12.1 Å². The van der Waals surface area contributed by atoms with Gasteiger partial charge in [0, 0.05) is 25.4 Å². The first-order chi connectivity index (χ1) is 8.27. The monoisotopic (exact) mass is 233 g/mol. The smallest absolute Gasteiger partial charge is 0.358 e. The van der Waals surface area contributed by atoms with E-state index in [0.29, 0.717) is 13.0 Å². The van der Waals surface area contributed by atoms with E-state index in [4.69, 9.17) is 9.52 Å².